The lowest BCUT2D eigenvalue weighted by molar-refractivity contribution is -0.127. The predicted octanol–water partition coefficient (Wildman–Crippen LogP) is 4.53. The van der Waals surface area contributed by atoms with Crippen LogP contribution in [0.3, 0.4) is 0 Å². The van der Waals surface area contributed by atoms with Crippen LogP contribution in [0.4, 0.5) is 0 Å². The van der Waals surface area contributed by atoms with Crippen LogP contribution in [0.1, 0.15) is 16.9 Å². The van der Waals surface area contributed by atoms with Gasteiger partial charge in [-0.15, -0.1) is 11.8 Å². The van der Waals surface area contributed by atoms with Crippen LogP contribution in [0.2, 0.25) is 0 Å². The molecule has 1 aromatic carbocycles. The molecule has 1 fully saturated rings. The lowest BCUT2D eigenvalue weighted by Crippen LogP contribution is -2.30. The van der Waals surface area contributed by atoms with Crippen LogP contribution in [0.25, 0.3) is 11.0 Å². The minimum atomic E-state index is -0.0193. The average molecular weight is 359 g/mol. The summed E-state index contributed by atoms with van der Waals surface area (Å²) in [5.41, 5.74) is 0.875. The number of hydrogen-bond acceptors (Lipinski definition) is 5. The molecule has 1 atom stereocenters. The van der Waals surface area contributed by atoms with Gasteiger partial charge in [0.1, 0.15) is 22.5 Å². The molecule has 4 rings (SSSR count). The molecule has 2 aromatic heterocycles. The van der Waals surface area contributed by atoms with Crippen molar-refractivity contribution in [2.75, 3.05) is 18.1 Å². The molecular weight excluding hydrogens is 342 g/mol. The zero-order valence-corrected chi connectivity index (χ0v) is 14.6. The SMILES string of the molecule is O=C1CSC(c2cc3ccccc3o2)N1CCSCc1ccco1. The second kappa shape index (κ2) is 6.99. The number of thioether (sulfide) groups is 2. The molecule has 1 amide bonds. The number of nitrogens with zero attached hydrogens (tertiary/aromatic N) is 1. The molecule has 0 radical (unpaired) electrons. The van der Waals surface area contributed by atoms with E-state index >= 15 is 0 Å². The molecule has 4 nitrogen and oxygen atoms in total. The molecule has 1 aliphatic heterocycles. The van der Waals surface area contributed by atoms with Crippen molar-refractivity contribution < 1.29 is 13.6 Å². The molecule has 124 valence electrons. The van der Waals surface area contributed by atoms with Crippen LogP contribution in [-0.2, 0) is 10.5 Å². The molecule has 1 aliphatic rings. The van der Waals surface area contributed by atoms with Gasteiger partial charge in [0.05, 0.1) is 17.8 Å². The van der Waals surface area contributed by atoms with E-state index in [-0.39, 0.29) is 11.3 Å². The summed E-state index contributed by atoms with van der Waals surface area (Å²) in [6, 6.07) is 13.9. The Balaban J connectivity index is 1.41. The maximum Gasteiger partial charge on any atom is 0.233 e. The Bertz CT molecular complexity index is 795. The summed E-state index contributed by atoms with van der Waals surface area (Å²) >= 11 is 3.41. The van der Waals surface area contributed by atoms with Crippen molar-refractivity contribution in [1.82, 2.24) is 4.90 Å². The Labute approximate surface area is 148 Å². The van der Waals surface area contributed by atoms with Crippen molar-refractivity contribution in [3.63, 3.8) is 0 Å². The average Bonchev–Trinajstić information content (AvgIpc) is 3.31. The lowest BCUT2D eigenvalue weighted by Gasteiger charge is -2.21. The summed E-state index contributed by atoms with van der Waals surface area (Å²) in [7, 11) is 0. The second-order valence-corrected chi connectivity index (χ2v) is 7.74. The summed E-state index contributed by atoms with van der Waals surface area (Å²) in [6.45, 7) is 0.721. The maximum absolute atomic E-state index is 12.2. The van der Waals surface area contributed by atoms with Gasteiger partial charge in [-0.05, 0) is 24.3 Å². The van der Waals surface area contributed by atoms with Crippen molar-refractivity contribution in [2.24, 2.45) is 0 Å². The molecule has 0 saturated carbocycles. The van der Waals surface area contributed by atoms with Gasteiger partial charge in [-0.1, -0.05) is 18.2 Å². The molecule has 0 bridgehead atoms. The predicted molar refractivity (Wildman–Crippen MR) is 98.0 cm³/mol. The summed E-state index contributed by atoms with van der Waals surface area (Å²) in [6.07, 6.45) is 1.69. The highest BCUT2D eigenvalue weighted by Gasteiger charge is 2.34. The second-order valence-electron chi connectivity index (χ2n) is 5.57. The van der Waals surface area contributed by atoms with Gasteiger partial charge in [0.2, 0.25) is 5.91 Å². The third-order valence-electron chi connectivity index (χ3n) is 3.96. The lowest BCUT2D eigenvalue weighted by atomic mass is 10.2. The molecular formula is C18H17NO3S2. The van der Waals surface area contributed by atoms with E-state index in [1.54, 1.807) is 29.8 Å². The molecule has 1 unspecified atom stereocenters. The van der Waals surface area contributed by atoms with Gasteiger partial charge in [-0.25, -0.2) is 0 Å². The molecule has 6 heteroatoms. The van der Waals surface area contributed by atoms with E-state index in [9.17, 15) is 4.79 Å². The number of carbonyl (C=O) groups is 1. The number of carbonyl (C=O) groups excluding carboxylic acids is 1. The molecule has 0 N–H and O–H groups in total. The van der Waals surface area contributed by atoms with Crippen LogP contribution in [0, 0.1) is 0 Å². The number of benzene rings is 1. The van der Waals surface area contributed by atoms with E-state index in [1.807, 2.05) is 41.3 Å². The van der Waals surface area contributed by atoms with Crippen LogP contribution >= 0.6 is 23.5 Å². The van der Waals surface area contributed by atoms with Crippen LogP contribution < -0.4 is 0 Å². The Morgan fingerprint density at radius 1 is 1.25 bits per heavy atom. The van der Waals surface area contributed by atoms with Crippen LogP contribution in [0.5, 0.6) is 0 Å². The summed E-state index contributed by atoms with van der Waals surface area (Å²) in [5.74, 6) is 4.24. The number of hydrogen-bond donors (Lipinski definition) is 0. The Kier molecular flexibility index (Phi) is 4.58. The first kappa shape index (κ1) is 15.7. The number of fused-ring (bicyclic) bond motifs is 1. The monoisotopic (exact) mass is 359 g/mol. The zero-order valence-electron chi connectivity index (χ0n) is 13.0. The highest BCUT2D eigenvalue weighted by atomic mass is 32.2. The molecule has 3 aromatic rings. The largest absolute Gasteiger partial charge is 0.468 e. The van der Waals surface area contributed by atoms with Gasteiger partial charge in [0.15, 0.2) is 0 Å². The fourth-order valence-electron chi connectivity index (χ4n) is 2.79. The molecule has 3 heterocycles. The van der Waals surface area contributed by atoms with E-state index in [2.05, 4.69) is 6.07 Å². The fraction of sp³-hybridized carbons (Fsp3) is 0.278. The zero-order chi connectivity index (χ0) is 16.4. The van der Waals surface area contributed by atoms with Crippen LogP contribution in [-0.4, -0.2) is 28.9 Å². The van der Waals surface area contributed by atoms with Crippen molar-refractivity contribution in [3.05, 3.63) is 60.2 Å². The quantitative estimate of drug-likeness (QED) is 0.605. The van der Waals surface area contributed by atoms with Crippen molar-refractivity contribution in [2.45, 2.75) is 11.1 Å². The first-order valence-electron chi connectivity index (χ1n) is 7.81. The smallest absolute Gasteiger partial charge is 0.233 e. The highest BCUT2D eigenvalue weighted by Crippen LogP contribution is 2.40. The van der Waals surface area contributed by atoms with Crippen molar-refractivity contribution >= 4 is 40.4 Å². The maximum atomic E-state index is 12.2. The van der Waals surface area contributed by atoms with E-state index in [4.69, 9.17) is 8.83 Å². The first-order valence-corrected chi connectivity index (χ1v) is 10.0. The first-order chi connectivity index (χ1) is 11.8. The molecule has 24 heavy (non-hydrogen) atoms. The van der Waals surface area contributed by atoms with Crippen molar-refractivity contribution in [1.29, 1.82) is 0 Å². The molecule has 0 aliphatic carbocycles. The van der Waals surface area contributed by atoms with Gasteiger partial charge in [0.25, 0.3) is 0 Å². The summed E-state index contributed by atoms with van der Waals surface area (Å²) in [5, 5.41) is 1.06. The van der Waals surface area contributed by atoms with Gasteiger partial charge in [-0.2, -0.15) is 11.8 Å². The number of furan rings is 2. The Morgan fingerprint density at radius 2 is 2.17 bits per heavy atom. The Morgan fingerprint density at radius 3 is 3.00 bits per heavy atom. The van der Waals surface area contributed by atoms with Gasteiger partial charge >= 0.3 is 0 Å². The van der Waals surface area contributed by atoms with Gasteiger partial charge in [-0.3, -0.25) is 4.79 Å². The fourth-order valence-corrected chi connectivity index (χ4v) is 4.77. The third kappa shape index (κ3) is 3.21. The van der Waals surface area contributed by atoms with Gasteiger partial charge in [0, 0.05) is 17.7 Å². The van der Waals surface area contributed by atoms with E-state index in [0.29, 0.717) is 5.75 Å². The van der Waals surface area contributed by atoms with Gasteiger partial charge < -0.3 is 13.7 Å². The summed E-state index contributed by atoms with van der Waals surface area (Å²) < 4.78 is 11.3. The number of amides is 1. The van der Waals surface area contributed by atoms with E-state index in [0.717, 1.165) is 40.5 Å². The highest BCUT2D eigenvalue weighted by molar-refractivity contribution is 8.00. The molecule has 0 spiro atoms. The third-order valence-corrected chi connectivity index (χ3v) is 6.13. The van der Waals surface area contributed by atoms with E-state index in [1.165, 1.54) is 0 Å². The topological polar surface area (TPSA) is 46.6 Å². The van der Waals surface area contributed by atoms with Crippen LogP contribution in [0.15, 0.2) is 57.6 Å². The van der Waals surface area contributed by atoms with E-state index < -0.39 is 0 Å². The normalized spacial score (nSPS) is 17.9. The number of rotatable bonds is 6. The van der Waals surface area contributed by atoms with Crippen molar-refractivity contribution in [3.8, 4) is 0 Å². The summed E-state index contributed by atoms with van der Waals surface area (Å²) in [4.78, 5) is 14.2. The molecule has 1 saturated heterocycles. The number of para-hydroxylation sites is 1. The standard InChI is InChI=1S/C18H17NO3S2/c20-17-12-24-18(16-10-13-4-1-2-6-15(13)22-16)19(17)7-9-23-11-14-5-3-8-21-14/h1-6,8,10,18H,7,9,11-12H2. The minimum absolute atomic E-state index is 0.0193. The Hall–Kier alpha value is -1.79. The minimum Gasteiger partial charge on any atom is -0.468 e.